The number of rotatable bonds is 6. The quantitative estimate of drug-likeness (QED) is 0.760. The molecule has 2 N–H and O–H groups in total. The molecular formula is C14H28N2O2. The van der Waals surface area contributed by atoms with E-state index in [0.717, 1.165) is 12.8 Å². The third-order valence-electron chi connectivity index (χ3n) is 4.31. The normalized spacial score (nSPS) is 29.2. The highest BCUT2D eigenvalue weighted by atomic mass is 16.5. The molecule has 0 saturated heterocycles. The van der Waals surface area contributed by atoms with Gasteiger partial charge in [-0.1, -0.05) is 20.8 Å². The van der Waals surface area contributed by atoms with Crippen LogP contribution >= 0.6 is 0 Å². The first-order valence-corrected chi connectivity index (χ1v) is 6.92. The largest absolute Gasteiger partial charge is 0.381 e. The molecule has 1 rings (SSSR count). The number of carbonyl (C=O) groups excluding carboxylic acids is 1. The molecule has 0 bridgehead atoms. The van der Waals surface area contributed by atoms with Gasteiger partial charge in [-0.05, 0) is 26.7 Å². The van der Waals surface area contributed by atoms with Gasteiger partial charge in [0.2, 0.25) is 5.91 Å². The molecular weight excluding hydrogens is 228 g/mol. The number of methoxy groups -OCH3 is 1. The predicted octanol–water partition coefficient (Wildman–Crippen LogP) is 1.69. The molecule has 4 nitrogen and oxygen atoms in total. The van der Waals surface area contributed by atoms with Gasteiger partial charge in [0.05, 0.1) is 12.1 Å². The Labute approximate surface area is 111 Å². The summed E-state index contributed by atoms with van der Waals surface area (Å²) < 4.78 is 5.42. The van der Waals surface area contributed by atoms with E-state index >= 15 is 0 Å². The van der Waals surface area contributed by atoms with Crippen LogP contribution in [0.1, 0.15) is 47.5 Å². The fraction of sp³-hybridized carbons (Fsp3) is 0.929. The number of amides is 1. The van der Waals surface area contributed by atoms with Crippen LogP contribution in [-0.2, 0) is 9.53 Å². The van der Waals surface area contributed by atoms with Crippen molar-refractivity contribution in [2.45, 2.75) is 71.7 Å². The predicted molar refractivity (Wildman–Crippen MR) is 73.5 cm³/mol. The van der Waals surface area contributed by atoms with Gasteiger partial charge in [-0.25, -0.2) is 0 Å². The number of hydrogen-bond donors (Lipinski definition) is 2. The molecule has 106 valence electrons. The molecule has 1 aliphatic rings. The van der Waals surface area contributed by atoms with E-state index < -0.39 is 0 Å². The van der Waals surface area contributed by atoms with Crippen molar-refractivity contribution in [2.24, 2.45) is 5.41 Å². The van der Waals surface area contributed by atoms with Gasteiger partial charge >= 0.3 is 0 Å². The van der Waals surface area contributed by atoms with Gasteiger partial charge in [0.1, 0.15) is 0 Å². The van der Waals surface area contributed by atoms with Crippen LogP contribution in [0.25, 0.3) is 0 Å². The minimum Gasteiger partial charge on any atom is -0.381 e. The Hall–Kier alpha value is -0.610. The van der Waals surface area contributed by atoms with Crippen LogP contribution in [-0.4, -0.2) is 37.2 Å². The summed E-state index contributed by atoms with van der Waals surface area (Å²) in [5.41, 5.74) is 0.0969. The van der Waals surface area contributed by atoms with E-state index in [0.29, 0.717) is 12.1 Å². The van der Waals surface area contributed by atoms with Gasteiger partial charge in [0, 0.05) is 24.6 Å². The van der Waals surface area contributed by atoms with Crippen LogP contribution in [0, 0.1) is 5.41 Å². The molecule has 4 heteroatoms. The Balaban J connectivity index is 2.42. The zero-order chi connectivity index (χ0) is 13.9. The van der Waals surface area contributed by atoms with Crippen molar-refractivity contribution in [1.82, 2.24) is 10.6 Å². The molecule has 4 atom stereocenters. The summed E-state index contributed by atoms with van der Waals surface area (Å²) in [6, 6.07) is 0.434. The third-order valence-corrected chi connectivity index (χ3v) is 4.31. The van der Waals surface area contributed by atoms with E-state index in [1.54, 1.807) is 7.11 Å². The lowest BCUT2D eigenvalue weighted by molar-refractivity contribution is -0.127. The van der Waals surface area contributed by atoms with Gasteiger partial charge in [-0.2, -0.15) is 0 Å². The Morgan fingerprint density at radius 1 is 1.44 bits per heavy atom. The van der Waals surface area contributed by atoms with E-state index in [4.69, 9.17) is 4.74 Å². The standard InChI is InChI=1S/C14H28N2O2/c1-7-9(2)15-13(17)10(3)16-11-8-12(18-6)14(11,4)5/h9-12,16H,7-8H2,1-6H3,(H,15,17). The average molecular weight is 256 g/mol. The average Bonchev–Trinajstić information content (AvgIpc) is 2.33. The summed E-state index contributed by atoms with van der Waals surface area (Å²) in [7, 11) is 1.75. The number of nitrogens with one attached hydrogen (secondary N) is 2. The van der Waals surface area contributed by atoms with Gasteiger partial charge in [0.25, 0.3) is 0 Å². The Morgan fingerprint density at radius 3 is 2.50 bits per heavy atom. The molecule has 1 amide bonds. The molecule has 0 radical (unpaired) electrons. The summed E-state index contributed by atoms with van der Waals surface area (Å²) in [6.45, 7) is 10.4. The minimum atomic E-state index is -0.152. The van der Waals surface area contributed by atoms with Crippen LogP contribution in [0.3, 0.4) is 0 Å². The first kappa shape index (κ1) is 15.4. The maximum atomic E-state index is 11.9. The van der Waals surface area contributed by atoms with E-state index in [9.17, 15) is 4.79 Å². The van der Waals surface area contributed by atoms with Crippen molar-refractivity contribution in [3.05, 3.63) is 0 Å². The fourth-order valence-corrected chi connectivity index (χ4v) is 2.42. The molecule has 0 aromatic carbocycles. The highest BCUT2D eigenvalue weighted by Gasteiger charge is 2.49. The van der Waals surface area contributed by atoms with Crippen LogP contribution in [0.15, 0.2) is 0 Å². The number of carbonyl (C=O) groups is 1. The summed E-state index contributed by atoms with van der Waals surface area (Å²) in [4.78, 5) is 11.9. The molecule has 0 spiro atoms. The Kier molecular flexibility index (Phi) is 5.17. The lowest BCUT2D eigenvalue weighted by atomic mass is 9.64. The zero-order valence-corrected chi connectivity index (χ0v) is 12.5. The Morgan fingerprint density at radius 2 is 2.06 bits per heavy atom. The second kappa shape index (κ2) is 6.02. The summed E-state index contributed by atoms with van der Waals surface area (Å²) in [5, 5.41) is 6.41. The van der Waals surface area contributed by atoms with E-state index in [-0.39, 0.29) is 23.4 Å². The molecule has 0 aromatic rings. The summed E-state index contributed by atoms with van der Waals surface area (Å²) in [5.74, 6) is 0.0843. The first-order chi connectivity index (χ1) is 8.32. The number of hydrogen-bond acceptors (Lipinski definition) is 3. The summed E-state index contributed by atoms with van der Waals surface area (Å²) in [6.07, 6.45) is 2.23. The first-order valence-electron chi connectivity index (χ1n) is 6.92. The maximum Gasteiger partial charge on any atom is 0.237 e. The van der Waals surface area contributed by atoms with Crippen molar-refractivity contribution in [3.8, 4) is 0 Å². The minimum absolute atomic E-state index is 0.0843. The molecule has 18 heavy (non-hydrogen) atoms. The van der Waals surface area contributed by atoms with Gasteiger partial charge in [0.15, 0.2) is 0 Å². The van der Waals surface area contributed by atoms with Crippen molar-refractivity contribution in [3.63, 3.8) is 0 Å². The molecule has 0 heterocycles. The van der Waals surface area contributed by atoms with E-state index in [1.807, 2.05) is 13.8 Å². The molecule has 4 unspecified atom stereocenters. The zero-order valence-electron chi connectivity index (χ0n) is 12.5. The molecule has 0 aliphatic heterocycles. The summed E-state index contributed by atoms with van der Waals surface area (Å²) >= 11 is 0. The van der Waals surface area contributed by atoms with Gasteiger partial charge in [-0.15, -0.1) is 0 Å². The lowest BCUT2D eigenvalue weighted by Crippen LogP contribution is -2.64. The second-order valence-electron chi connectivity index (χ2n) is 6.04. The second-order valence-corrected chi connectivity index (χ2v) is 6.04. The van der Waals surface area contributed by atoms with Crippen LogP contribution in [0.5, 0.6) is 0 Å². The maximum absolute atomic E-state index is 11.9. The van der Waals surface area contributed by atoms with E-state index in [2.05, 4.69) is 31.4 Å². The van der Waals surface area contributed by atoms with Crippen molar-refractivity contribution in [1.29, 1.82) is 0 Å². The fourth-order valence-electron chi connectivity index (χ4n) is 2.42. The topological polar surface area (TPSA) is 50.4 Å². The molecule has 0 aromatic heterocycles. The third kappa shape index (κ3) is 3.23. The van der Waals surface area contributed by atoms with Crippen LogP contribution in [0.2, 0.25) is 0 Å². The number of ether oxygens (including phenoxy) is 1. The molecule has 1 aliphatic carbocycles. The monoisotopic (exact) mass is 256 g/mol. The smallest absolute Gasteiger partial charge is 0.237 e. The molecule has 1 saturated carbocycles. The van der Waals surface area contributed by atoms with Gasteiger partial charge in [-0.3, -0.25) is 4.79 Å². The van der Waals surface area contributed by atoms with Gasteiger partial charge < -0.3 is 15.4 Å². The van der Waals surface area contributed by atoms with Crippen LogP contribution < -0.4 is 10.6 Å². The highest BCUT2D eigenvalue weighted by molar-refractivity contribution is 5.81. The van der Waals surface area contributed by atoms with Crippen molar-refractivity contribution < 1.29 is 9.53 Å². The van der Waals surface area contributed by atoms with Crippen molar-refractivity contribution >= 4 is 5.91 Å². The molecule has 1 fully saturated rings. The van der Waals surface area contributed by atoms with E-state index in [1.165, 1.54) is 0 Å². The van der Waals surface area contributed by atoms with Crippen LogP contribution in [0.4, 0.5) is 0 Å². The Bertz CT molecular complexity index is 292. The van der Waals surface area contributed by atoms with Crippen molar-refractivity contribution in [2.75, 3.05) is 7.11 Å². The SMILES string of the molecule is CCC(C)NC(=O)C(C)NC1CC(OC)C1(C)C. The lowest BCUT2D eigenvalue weighted by Gasteiger charge is -2.52. The highest BCUT2D eigenvalue weighted by Crippen LogP contribution is 2.42.